The molecule has 2 heterocycles. The first kappa shape index (κ1) is 19.4. The number of carboxylic acid groups (broad SMARTS) is 1. The highest BCUT2D eigenvalue weighted by molar-refractivity contribution is 6.06. The van der Waals surface area contributed by atoms with Crippen molar-refractivity contribution in [2.24, 2.45) is 5.73 Å². The van der Waals surface area contributed by atoms with Crippen LogP contribution in [0.1, 0.15) is 39.4 Å². The van der Waals surface area contributed by atoms with Crippen molar-refractivity contribution in [1.29, 1.82) is 0 Å². The maximum Gasteiger partial charge on any atom is 0.352 e. The molecule has 1 unspecified atom stereocenters. The molecular formula is C23H20N4O3. The quantitative estimate of drug-likeness (QED) is 0.400. The Morgan fingerprint density at radius 2 is 1.83 bits per heavy atom. The highest BCUT2D eigenvalue weighted by atomic mass is 16.4. The monoisotopic (exact) mass is 400 g/mol. The van der Waals surface area contributed by atoms with Crippen LogP contribution in [0.2, 0.25) is 0 Å². The lowest BCUT2D eigenvalue weighted by Gasteiger charge is -2.16. The van der Waals surface area contributed by atoms with E-state index >= 15 is 0 Å². The first-order chi connectivity index (χ1) is 14.4. The summed E-state index contributed by atoms with van der Waals surface area (Å²) in [7, 11) is 0. The number of nitrogens with one attached hydrogen (secondary N) is 2. The first-order valence-electron chi connectivity index (χ1n) is 9.40. The standard InChI is InChI=1S/C23H20N4O3/c1-13(24)16-6-5-14(22(28)26-15-7-9-25-10-8-15)11-18(16)17-3-2-4-20-19(17)12-21(27-20)23(29)30/h2-13,27H,24H2,1H3,(H,29,30)(H,25,26,28). The number of carbonyl (C=O) groups is 2. The number of aromatic amines is 1. The van der Waals surface area contributed by atoms with Crippen molar-refractivity contribution in [3.8, 4) is 11.1 Å². The van der Waals surface area contributed by atoms with E-state index in [1.807, 2.05) is 31.2 Å². The number of amides is 1. The summed E-state index contributed by atoms with van der Waals surface area (Å²) in [5, 5.41) is 12.9. The molecule has 7 heteroatoms. The summed E-state index contributed by atoms with van der Waals surface area (Å²) in [6.45, 7) is 1.87. The molecule has 4 rings (SSSR count). The zero-order valence-corrected chi connectivity index (χ0v) is 16.2. The molecule has 30 heavy (non-hydrogen) atoms. The molecular weight excluding hydrogens is 380 g/mol. The third-order valence-corrected chi connectivity index (χ3v) is 4.93. The molecule has 0 saturated carbocycles. The summed E-state index contributed by atoms with van der Waals surface area (Å²) >= 11 is 0. The normalized spacial score (nSPS) is 11.9. The number of nitrogens with zero attached hydrogens (tertiary/aromatic N) is 1. The van der Waals surface area contributed by atoms with E-state index in [1.165, 1.54) is 0 Å². The molecule has 4 aromatic rings. The van der Waals surface area contributed by atoms with Gasteiger partial charge in [-0.1, -0.05) is 18.2 Å². The van der Waals surface area contributed by atoms with Crippen LogP contribution < -0.4 is 11.1 Å². The van der Waals surface area contributed by atoms with Gasteiger partial charge < -0.3 is 21.1 Å². The second-order valence-corrected chi connectivity index (χ2v) is 7.04. The predicted molar refractivity (Wildman–Crippen MR) is 115 cm³/mol. The van der Waals surface area contributed by atoms with Gasteiger partial charge in [-0.05, 0) is 60.0 Å². The average Bonchev–Trinajstić information content (AvgIpc) is 3.19. The fraction of sp³-hybridized carbons (Fsp3) is 0.0870. The Bertz CT molecular complexity index is 1250. The molecule has 0 fully saturated rings. The van der Waals surface area contributed by atoms with Gasteiger partial charge in [-0.2, -0.15) is 0 Å². The highest BCUT2D eigenvalue weighted by Gasteiger charge is 2.17. The Kier molecular flexibility index (Phi) is 5.04. The van der Waals surface area contributed by atoms with Crippen LogP contribution >= 0.6 is 0 Å². The summed E-state index contributed by atoms with van der Waals surface area (Å²) in [5.41, 5.74) is 10.6. The number of benzene rings is 2. The molecule has 7 nitrogen and oxygen atoms in total. The van der Waals surface area contributed by atoms with Gasteiger partial charge in [0.25, 0.3) is 5.91 Å². The number of carbonyl (C=O) groups excluding carboxylic acids is 1. The number of nitrogens with two attached hydrogens (primary N) is 1. The van der Waals surface area contributed by atoms with Crippen molar-refractivity contribution in [2.75, 3.05) is 5.32 Å². The minimum Gasteiger partial charge on any atom is -0.477 e. The first-order valence-corrected chi connectivity index (χ1v) is 9.40. The molecule has 0 aliphatic carbocycles. The van der Waals surface area contributed by atoms with Gasteiger partial charge in [-0.3, -0.25) is 9.78 Å². The molecule has 150 valence electrons. The summed E-state index contributed by atoms with van der Waals surface area (Å²) in [4.78, 5) is 31.0. The number of aromatic carboxylic acids is 1. The van der Waals surface area contributed by atoms with Crippen LogP contribution in [0.15, 0.2) is 67.0 Å². The van der Waals surface area contributed by atoms with E-state index < -0.39 is 5.97 Å². The lowest BCUT2D eigenvalue weighted by atomic mass is 9.92. The predicted octanol–water partition coefficient (Wildman–Crippen LogP) is 4.20. The van der Waals surface area contributed by atoms with Crippen molar-refractivity contribution in [3.63, 3.8) is 0 Å². The Morgan fingerprint density at radius 3 is 2.53 bits per heavy atom. The zero-order valence-electron chi connectivity index (χ0n) is 16.2. The third-order valence-electron chi connectivity index (χ3n) is 4.93. The van der Waals surface area contributed by atoms with Gasteiger partial charge in [0.05, 0.1) is 0 Å². The summed E-state index contributed by atoms with van der Waals surface area (Å²) in [6, 6.07) is 15.7. The van der Waals surface area contributed by atoms with Gasteiger partial charge >= 0.3 is 5.97 Å². The van der Waals surface area contributed by atoms with Crippen LogP contribution in [0.5, 0.6) is 0 Å². The van der Waals surface area contributed by atoms with Crippen molar-refractivity contribution in [3.05, 3.63) is 83.8 Å². The van der Waals surface area contributed by atoms with E-state index in [2.05, 4.69) is 15.3 Å². The second-order valence-electron chi connectivity index (χ2n) is 7.04. The van der Waals surface area contributed by atoms with Crippen molar-refractivity contribution < 1.29 is 14.7 Å². The van der Waals surface area contributed by atoms with Crippen LogP contribution in [-0.4, -0.2) is 27.0 Å². The molecule has 0 aliphatic rings. The van der Waals surface area contributed by atoms with Gasteiger partial charge in [-0.25, -0.2) is 4.79 Å². The summed E-state index contributed by atoms with van der Waals surface area (Å²) in [6.07, 6.45) is 3.21. The van der Waals surface area contributed by atoms with E-state index in [0.29, 0.717) is 16.8 Å². The smallest absolute Gasteiger partial charge is 0.352 e. The second kappa shape index (κ2) is 7.81. The van der Waals surface area contributed by atoms with Crippen molar-refractivity contribution in [1.82, 2.24) is 9.97 Å². The topological polar surface area (TPSA) is 121 Å². The Morgan fingerprint density at radius 1 is 1.07 bits per heavy atom. The van der Waals surface area contributed by atoms with Crippen LogP contribution in [0.25, 0.3) is 22.0 Å². The zero-order chi connectivity index (χ0) is 21.3. The number of anilines is 1. The lowest BCUT2D eigenvalue weighted by Crippen LogP contribution is -2.13. The van der Waals surface area contributed by atoms with Crippen LogP contribution in [-0.2, 0) is 0 Å². The van der Waals surface area contributed by atoms with Gasteiger partial charge in [0.15, 0.2) is 0 Å². The number of hydrogen-bond donors (Lipinski definition) is 4. The molecule has 2 aromatic carbocycles. The molecule has 0 aliphatic heterocycles. The van der Waals surface area contributed by atoms with E-state index in [9.17, 15) is 14.7 Å². The number of H-pyrrole nitrogens is 1. The lowest BCUT2D eigenvalue weighted by molar-refractivity contribution is 0.0691. The third kappa shape index (κ3) is 3.66. The van der Waals surface area contributed by atoms with Gasteiger partial charge in [0.1, 0.15) is 5.69 Å². The average molecular weight is 400 g/mol. The van der Waals surface area contributed by atoms with Crippen molar-refractivity contribution in [2.45, 2.75) is 13.0 Å². The van der Waals surface area contributed by atoms with E-state index in [4.69, 9.17) is 5.73 Å². The Labute approximate surface area is 172 Å². The highest BCUT2D eigenvalue weighted by Crippen LogP contribution is 2.34. The number of aromatic nitrogens is 2. The van der Waals surface area contributed by atoms with Crippen LogP contribution in [0.3, 0.4) is 0 Å². The number of fused-ring (bicyclic) bond motifs is 1. The van der Waals surface area contributed by atoms with Gasteiger partial charge in [0.2, 0.25) is 0 Å². The van der Waals surface area contributed by atoms with E-state index in [-0.39, 0.29) is 17.6 Å². The Hall–Kier alpha value is -3.97. The van der Waals surface area contributed by atoms with Gasteiger partial charge in [-0.15, -0.1) is 0 Å². The number of carboxylic acids is 1. The number of rotatable bonds is 5. The maximum absolute atomic E-state index is 12.8. The SMILES string of the molecule is CC(N)c1ccc(C(=O)Nc2ccncc2)cc1-c1cccc2[nH]c(C(=O)O)cc12. The minimum absolute atomic E-state index is 0.103. The van der Waals surface area contributed by atoms with Gasteiger partial charge in [0, 0.05) is 40.6 Å². The molecule has 0 saturated heterocycles. The Balaban J connectivity index is 1.82. The molecule has 2 aromatic heterocycles. The fourth-order valence-electron chi connectivity index (χ4n) is 3.47. The minimum atomic E-state index is -1.03. The molecule has 0 bridgehead atoms. The molecule has 5 N–H and O–H groups in total. The summed E-state index contributed by atoms with van der Waals surface area (Å²) in [5.74, 6) is -1.29. The molecule has 1 amide bonds. The van der Waals surface area contributed by atoms with E-state index in [1.54, 1.807) is 42.7 Å². The largest absolute Gasteiger partial charge is 0.477 e. The molecule has 1 atom stereocenters. The number of hydrogen-bond acceptors (Lipinski definition) is 4. The number of pyridine rings is 1. The maximum atomic E-state index is 12.8. The molecule has 0 spiro atoms. The molecule has 0 radical (unpaired) electrons. The fourth-order valence-corrected chi connectivity index (χ4v) is 3.47. The van der Waals surface area contributed by atoms with Crippen LogP contribution in [0, 0.1) is 0 Å². The summed E-state index contributed by atoms with van der Waals surface area (Å²) < 4.78 is 0. The van der Waals surface area contributed by atoms with Crippen LogP contribution in [0.4, 0.5) is 5.69 Å². The van der Waals surface area contributed by atoms with E-state index in [0.717, 1.165) is 22.1 Å². The van der Waals surface area contributed by atoms with Crippen molar-refractivity contribution >= 4 is 28.5 Å².